The average Bonchev–Trinajstić information content (AvgIpc) is 2.96. The van der Waals surface area contributed by atoms with Crippen LogP contribution in [0.4, 0.5) is 15.8 Å². The minimum Gasteiger partial charge on any atom is -0.494 e. The molecule has 3 aromatic rings. The van der Waals surface area contributed by atoms with Gasteiger partial charge in [0.25, 0.3) is 0 Å². The number of rotatable bonds is 5. The zero-order valence-electron chi connectivity index (χ0n) is 12.6. The van der Waals surface area contributed by atoms with Gasteiger partial charge in [-0.2, -0.15) is 0 Å². The minimum atomic E-state index is 0.476. The van der Waals surface area contributed by atoms with Crippen LogP contribution in [-0.4, -0.2) is 11.6 Å². The molecule has 116 valence electrons. The molecule has 0 aliphatic rings. The minimum absolute atomic E-state index is 0.476. The lowest BCUT2D eigenvalue weighted by atomic mass is 10.2. The van der Waals surface area contributed by atoms with Crippen molar-refractivity contribution in [1.82, 2.24) is 4.98 Å². The first-order chi connectivity index (χ1) is 11.3. The third kappa shape index (κ3) is 3.73. The molecule has 0 spiro atoms. The van der Waals surface area contributed by atoms with E-state index < -0.39 is 0 Å². The Hall–Kier alpha value is -2.73. The Morgan fingerprint density at radius 2 is 1.78 bits per heavy atom. The molecule has 0 bridgehead atoms. The van der Waals surface area contributed by atoms with E-state index in [1.165, 1.54) is 11.3 Å². The summed E-state index contributed by atoms with van der Waals surface area (Å²) >= 11 is 1.32. The molecule has 0 saturated carbocycles. The molecule has 1 heterocycles. The van der Waals surface area contributed by atoms with Gasteiger partial charge in [0.15, 0.2) is 10.1 Å². The molecule has 0 radical (unpaired) electrons. The molecule has 2 N–H and O–H groups in total. The molecule has 0 unspecified atom stereocenters. The van der Waals surface area contributed by atoms with Crippen LogP contribution in [-0.2, 0) is 0 Å². The first-order valence-electron chi connectivity index (χ1n) is 7.22. The highest BCUT2D eigenvalue weighted by Crippen LogP contribution is 2.37. The fraction of sp³-hybridized carbons (Fsp3) is 0.118. The van der Waals surface area contributed by atoms with Gasteiger partial charge in [0, 0.05) is 5.56 Å². The summed E-state index contributed by atoms with van der Waals surface area (Å²) in [4.78, 5) is 4.35. The van der Waals surface area contributed by atoms with Gasteiger partial charge in [-0.25, -0.2) is 4.98 Å². The van der Waals surface area contributed by atoms with Crippen molar-refractivity contribution in [2.75, 3.05) is 12.3 Å². The maximum atomic E-state index is 5.83. The van der Waals surface area contributed by atoms with E-state index in [9.17, 15) is 0 Å². The predicted molar refractivity (Wildman–Crippen MR) is 93.7 cm³/mol. The number of benzene rings is 2. The highest BCUT2D eigenvalue weighted by molar-refractivity contribution is 7.19. The zero-order valence-corrected chi connectivity index (χ0v) is 13.5. The van der Waals surface area contributed by atoms with Crippen LogP contribution in [0, 0.1) is 0 Å². The first kappa shape index (κ1) is 15.2. The van der Waals surface area contributed by atoms with Crippen LogP contribution < -0.4 is 10.5 Å². The van der Waals surface area contributed by atoms with Crippen LogP contribution in [0.5, 0.6) is 5.75 Å². The van der Waals surface area contributed by atoms with Crippen molar-refractivity contribution in [3.05, 3.63) is 54.6 Å². The van der Waals surface area contributed by atoms with Crippen molar-refractivity contribution in [2.24, 2.45) is 10.2 Å². The van der Waals surface area contributed by atoms with E-state index in [-0.39, 0.29) is 0 Å². The van der Waals surface area contributed by atoms with Crippen molar-refractivity contribution < 1.29 is 4.74 Å². The molecular weight excluding hydrogens is 308 g/mol. The van der Waals surface area contributed by atoms with Gasteiger partial charge in [0.1, 0.15) is 11.4 Å². The van der Waals surface area contributed by atoms with Crippen LogP contribution in [0.3, 0.4) is 0 Å². The summed E-state index contributed by atoms with van der Waals surface area (Å²) in [5.74, 6) is 0.818. The molecule has 0 saturated heterocycles. The molecule has 23 heavy (non-hydrogen) atoms. The van der Waals surface area contributed by atoms with Gasteiger partial charge in [-0.15, -0.1) is 10.2 Å². The van der Waals surface area contributed by atoms with Crippen molar-refractivity contribution >= 4 is 27.2 Å². The number of thiazole rings is 1. The van der Waals surface area contributed by atoms with Crippen molar-refractivity contribution in [1.29, 1.82) is 0 Å². The number of hydrogen-bond acceptors (Lipinski definition) is 6. The molecule has 0 atom stereocenters. The molecule has 0 aliphatic heterocycles. The first-order valence-corrected chi connectivity index (χ1v) is 8.04. The van der Waals surface area contributed by atoms with Gasteiger partial charge in [-0.05, 0) is 31.2 Å². The standard InChI is InChI=1S/C17H16N4OS/c1-2-22-14-10-8-13(9-11-14)20-21-16-15(19-17(18)23-16)12-6-4-3-5-7-12/h3-11H,2H2,1H3,(H2,18,19). The Morgan fingerprint density at radius 3 is 2.48 bits per heavy atom. The second-order valence-electron chi connectivity index (χ2n) is 4.70. The molecular formula is C17H16N4OS. The van der Waals surface area contributed by atoms with E-state index >= 15 is 0 Å². The number of aromatic nitrogens is 1. The highest BCUT2D eigenvalue weighted by atomic mass is 32.1. The van der Waals surface area contributed by atoms with E-state index in [0.29, 0.717) is 16.7 Å². The van der Waals surface area contributed by atoms with Gasteiger partial charge in [0.2, 0.25) is 0 Å². The Kier molecular flexibility index (Phi) is 4.63. The number of nitrogens with two attached hydrogens (primary N) is 1. The van der Waals surface area contributed by atoms with E-state index in [1.807, 2.05) is 61.5 Å². The molecule has 6 heteroatoms. The van der Waals surface area contributed by atoms with Crippen molar-refractivity contribution in [3.8, 4) is 17.0 Å². The van der Waals surface area contributed by atoms with Crippen LogP contribution in [0.15, 0.2) is 64.8 Å². The number of ether oxygens (including phenoxy) is 1. The zero-order chi connectivity index (χ0) is 16.1. The molecule has 0 amide bonds. The molecule has 0 fully saturated rings. The predicted octanol–water partition coefficient (Wildman–Crippen LogP) is 5.21. The van der Waals surface area contributed by atoms with Gasteiger partial charge in [0.05, 0.1) is 12.3 Å². The average molecular weight is 324 g/mol. The van der Waals surface area contributed by atoms with E-state index in [4.69, 9.17) is 10.5 Å². The maximum absolute atomic E-state index is 5.83. The SMILES string of the molecule is CCOc1ccc(N=Nc2sc(N)nc2-c2ccccc2)cc1. The molecule has 1 aromatic heterocycles. The van der Waals surface area contributed by atoms with E-state index in [1.54, 1.807) is 0 Å². The lowest BCUT2D eigenvalue weighted by Crippen LogP contribution is -1.89. The lowest BCUT2D eigenvalue weighted by Gasteiger charge is -2.01. The van der Waals surface area contributed by atoms with Crippen LogP contribution in [0.1, 0.15) is 6.92 Å². The maximum Gasteiger partial charge on any atom is 0.182 e. The summed E-state index contributed by atoms with van der Waals surface area (Å²) in [5, 5.41) is 9.74. The summed E-state index contributed by atoms with van der Waals surface area (Å²) in [5.41, 5.74) is 8.30. The van der Waals surface area contributed by atoms with Crippen LogP contribution >= 0.6 is 11.3 Å². The normalized spacial score (nSPS) is 11.0. The number of nitrogens with zero attached hydrogens (tertiary/aromatic N) is 3. The summed E-state index contributed by atoms with van der Waals surface area (Å²) in [6.07, 6.45) is 0. The molecule has 5 nitrogen and oxygen atoms in total. The van der Waals surface area contributed by atoms with Crippen LogP contribution in [0.2, 0.25) is 0 Å². The topological polar surface area (TPSA) is 72.9 Å². The number of anilines is 1. The Balaban J connectivity index is 1.85. The fourth-order valence-electron chi connectivity index (χ4n) is 2.06. The Bertz CT molecular complexity index is 797. The summed E-state index contributed by atoms with van der Waals surface area (Å²) < 4.78 is 5.41. The van der Waals surface area contributed by atoms with Gasteiger partial charge < -0.3 is 10.5 Å². The Labute approximate surface area is 138 Å². The van der Waals surface area contributed by atoms with Crippen molar-refractivity contribution in [2.45, 2.75) is 6.92 Å². The van der Waals surface area contributed by atoms with Crippen molar-refractivity contribution in [3.63, 3.8) is 0 Å². The molecule has 3 rings (SSSR count). The van der Waals surface area contributed by atoms with Gasteiger partial charge in [-0.3, -0.25) is 0 Å². The third-order valence-electron chi connectivity index (χ3n) is 3.08. The van der Waals surface area contributed by atoms with Crippen LogP contribution in [0.25, 0.3) is 11.3 Å². The van der Waals surface area contributed by atoms with Gasteiger partial charge >= 0.3 is 0 Å². The summed E-state index contributed by atoms with van der Waals surface area (Å²) in [7, 11) is 0. The monoisotopic (exact) mass is 324 g/mol. The second kappa shape index (κ2) is 7.02. The number of nitrogen functional groups attached to an aromatic ring is 1. The molecule has 2 aromatic carbocycles. The quantitative estimate of drug-likeness (QED) is 0.655. The largest absolute Gasteiger partial charge is 0.494 e. The Morgan fingerprint density at radius 1 is 1.04 bits per heavy atom. The summed E-state index contributed by atoms with van der Waals surface area (Å²) in [6, 6.07) is 17.3. The smallest absolute Gasteiger partial charge is 0.182 e. The van der Waals surface area contributed by atoms with E-state index in [0.717, 1.165) is 22.7 Å². The highest BCUT2D eigenvalue weighted by Gasteiger charge is 2.11. The third-order valence-corrected chi connectivity index (χ3v) is 3.85. The summed E-state index contributed by atoms with van der Waals surface area (Å²) in [6.45, 7) is 2.59. The van der Waals surface area contributed by atoms with Gasteiger partial charge in [-0.1, -0.05) is 41.7 Å². The second-order valence-corrected chi connectivity index (χ2v) is 5.71. The molecule has 0 aliphatic carbocycles. The van der Waals surface area contributed by atoms with E-state index in [2.05, 4.69) is 15.2 Å². The number of hydrogen-bond donors (Lipinski definition) is 1. The number of azo groups is 1. The lowest BCUT2D eigenvalue weighted by molar-refractivity contribution is 0.340. The fourth-order valence-corrected chi connectivity index (χ4v) is 2.74.